The van der Waals surface area contributed by atoms with Gasteiger partial charge in [0.15, 0.2) is 0 Å². The third kappa shape index (κ3) is 3.65. The van der Waals surface area contributed by atoms with Crippen LogP contribution in [0.25, 0.3) is 0 Å². The van der Waals surface area contributed by atoms with E-state index in [4.69, 9.17) is 0 Å². The normalized spacial score (nSPS) is 10.7. The first-order valence-electron chi connectivity index (χ1n) is 7.08. The minimum Gasteiger partial charge on any atom is -0.352 e. The number of nitrogens with zero attached hydrogens (tertiary/aromatic N) is 3. The van der Waals surface area contributed by atoms with Gasteiger partial charge in [-0.3, -0.25) is 9.89 Å². The number of carbonyl (C=O) groups excluding carboxylic acids is 1. The van der Waals surface area contributed by atoms with Crippen molar-refractivity contribution in [3.63, 3.8) is 0 Å². The largest absolute Gasteiger partial charge is 0.352 e. The van der Waals surface area contributed by atoms with Crippen molar-refractivity contribution in [2.75, 3.05) is 6.54 Å². The summed E-state index contributed by atoms with van der Waals surface area (Å²) >= 11 is 0. The number of H-pyrrole nitrogens is 1. The van der Waals surface area contributed by atoms with Crippen LogP contribution in [0, 0.1) is 27.7 Å². The molecule has 0 fully saturated rings. The minimum atomic E-state index is -0.117. The van der Waals surface area contributed by atoms with Crippen LogP contribution in [-0.4, -0.2) is 32.6 Å². The van der Waals surface area contributed by atoms with Gasteiger partial charge in [0.1, 0.15) is 5.82 Å². The maximum atomic E-state index is 12.1. The molecule has 112 valence electrons. The molecule has 0 unspecified atom stereocenters. The van der Waals surface area contributed by atoms with Crippen molar-refractivity contribution in [3.8, 4) is 0 Å². The summed E-state index contributed by atoms with van der Waals surface area (Å²) in [6, 6.07) is 0. The molecule has 0 aromatic carbocycles. The topological polar surface area (TPSA) is 83.6 Å². The van der Waals surface area contributed by atoms with Crippen LogP contribution in [0.5, 0.6) is 0 Å². The Kier molecular flexibility index (Phi) is 4.67. The predicted molar refractivity (Wildman–Crippen MR) is 80.2 cm³/mol. The Morgan fingerprint density at radius 3 is 2.62 bits per heavy atom. The lowest BCUT2D eigenvalue weighted by Gasteiger charge is -2.07. The van der Waals surface area contributed by atoms with E-state index in [2.05, 4.69) is 25.5 Å². The molecular formula is C15H21N5O. The van der Waals surface area contributed by atoms with Crippen LogP contribution in [0.15, 0.2) is 6.20 Å². The lowest BCUT2D eigenvalue weighted by molar-refractivity contribution is 0.0951. The van der Waals surface area contributed by atoms with Gasteiger partial charge in [0.05, 0.1) is 17.0 Å². The molecule has 0 saturated carbocycles. The molecule has 0 aliphatic heterocycles. The van der Waals surface area contributed by atoms with Crippen molar-refractivity contribution in [1.82, 2.24) is 25.5 Å². The molecule has 6 heteroatoms. The number of rotatable bonds is 5. The van der Waals surface area contributed by atoms with Gasteiger partial charge in [0.25, 0.3) is 5.91 Å². The summed E-state index contributed by atoms with van der Waals surface area (Å²) in [6.45, 7) is 8.26. The van der Waals surface area contributed by atoms with Crippen LogP contribution in [0.4, 0.5) is 0 Å². The first-order valence-corrected chi connectivity index (χ1v) is 7.08. The summed E-state index contributed by atoms with van der Waals surface area (Å²) in [5.74, 6) is 0.558. The minimum absolute atomic E-state index is 0.117. The average molecular weight is 287 g/mol. The predicted octanol–water partition coefficient (Wildman–Crippen LogP) is 1.80. The van der Waals surface area contributed by atoms with Crippen molar-refractivity contribution in [2.24, 2.45) is 0 Å². The first kappa shape index (κ1) is 15.2. The molecule has 0 spiro atoms. The Morgan fingerprint density at radius 1 is 1.24 bits per heavy atom. The van der Waals surface area contributed by atoms with Crippen molar-refractivity contribution in [2.45, 2.75) is 40.5 Å². The monoisotopic (exact) mass is 287 g/mol. The van der Waals surface area contributed by atoms with E-state index in [1.165, 1.54) is 5.56 Å². The van der Waals surface area contributed by atoms with Gasteiger partial charge in [-0.25, -0.2) is 9.97 Å². The number of hydrogen-bond donors (Lipinski definition) is 2. The summed E-state index contributed by atoms with van der Waals surface area (Å²) < 4.78 is 0. The van der Waals surface area contributed by atoms with E-state index < -0.39 is 0 Å². The zero-order chi connectivity index (χ0) is 15.4. The fourth-order valence-corrected chi connectivity index (χ4v) is 2.31. The Morgan fingerprint density at radius 2 is 2.00 bits per heavy atom. The molecule has 6 nitrogen and oxygen atoms in total. The van der Waals surface area contributed by atoms with Gasteiger partial charge in [0.2, 0.25) is 0 Å². The number of aryl methyl sites for hydroxylation is 4. The molecule has 2 aromatic rings. The first-order chi connectivity index (χ1) is 9.99. The van der Waals surface area contributed by atoms with E-state index in [9.17, 15) is 4.79 Å². The molecule has 2 aromatic heterocycles. The second-order valence-corrected chi connectivity index (χ2v) is 5.19. The third-order valence-electron chi connectivity index (χ3n) is 3.51. The number of carbonyl (C=O) groups is 1. The van der Waals surface area contributed by atoms with Gasteiger partial charge in [0, 0.05) is 18.4 Å². The highest BCUT2D eigenvalue weighted by molar-refractivity contribution is 5.94. The molecule has 0 bridgehead atoms. The lowest BCUT2D eigenvalue weighted by atomic mass is 10.1. The number of aromatic amines is 1. The molecule has 2 N–H and O–H groups in total. The lowest BCUT2D eigenvalue weighted by Crippen LogP contribution is -2.26. The maximum absolute atomic E-state index is 12.1. The molecule has 0 radical (unpaired) electrons. The van der Waals surface area contributed by atoms with Gasteiger partial charge >= 0.3 is 0 Å². The highest BCUT2D eigenvalue weighted by Crippen LogP contribution is 2.11. The standard InChI is InChI=1S/C15H21N5O/c1-9-14(8-17-12(4)18-9)15(21)16-7-5-6-13-10(2)19-20-11(13)3/h8H,5-7H2,1-4H3,(H,16,21)(H,19,20). The highest BCUT2D eigenvalue weighted by Gasteiger charge is 2.11. The van der Waals surface area contributed by atoms with Gasteiger partial charge in [-0.05, 0) is 46.1 Å². The summed E-state index contributed by atoms with van der Waals surface area (Å²) in [5, 5.41) is 10.1. The summed E-state index contributed by atoms with van der Waals surface area (Å²) in [5.41, 5.74) is 4.61. The zero-order valence-corrected chi connectivity index (χ0v) is 12.9. The summed E-state index contributed by atoms with van der Waals surface area (Å²) in [6.07, 6.45) is 3.36. The number of amides is 1. The van der Waals surface area contributed by atoms with Crippen molar-refractivity contribution in [1.29, 1.82) is 0 Å². The molecule has 0 aliphatic rings. The second kappa shape index (κ2) is 6.47. The second-order valence-electron chi connectivity index (χ2n) is 5.19. The fraction of sp³-hybridized carbons (Fsp3) is 0.467. The highest BCUT2D eigenvalue weighted by atomic mass is 16.1. The van der Waals surface area contributed by atoms with E-state index in [0.717, 1.165) is 24.2 Å². The maximum Gasteiger partial charge on any atom is 0.254 e. The third-order valence-corrected chi connectivity index (χ3v) is 3.51. The van der Waals surface area contributed by atoms with Crippen molar-refractivity contribution < 1.29 is 4.79 Å². The van der Waals surface area contributed by atoms with Crippen LogP contribution in [0.1, 0.15) is 45.2 Å². The van der Waals surface area contributed by atoms with Crippen LogP contribution >= 0.6 is 0 Å². The number of aromatic nitrogens is 4. The van der Waals surface area contributed by atoms with E-state index >= 15 is 0 Å². The summed E-state index contributed by atoms with van der Waals surface area (Å²) in [7, 11) is 0. The molecule has 0 atom stereocenters. The Bertz CT molecular complexity index is 628. The van der Waals surface area contributed by atoms with Gasteiger partial charge in [-0.1, -0.05) is 0 Å². The smallest absolute Gasteiger partial charge is 0.254 e. The van der Waals surface area contributed by atoms with E-state index in [-0.39, 0.29) is 5.91 Å². The van der Waals surface area contributed by atoms with E-state index in [1.807, 2.05) is 27.7 Å². The average Bonchev–Trinajstić information content (AvgIpc) is 2.74. The quantitative estimate of drug-likeness (QED) is 0.821. The summed E-state index contributed by atoms with van der Waals surface area (Å²) in [4.78, 5) is 20.3. The van der Waals surface area contributed by atoms with Gasteiger partial charge in [-0.15, -0.1) is 0 Å². The van der Waals surface area contributed by atoms with Crippen molar-refractivity contribution >= 4 is 5.91 Å². The molecule has 1 amide bonds. The number of hydrogen-bond acceptors (Lipinski definition) is 4. The Balaban J connectivity index is 1.85. The fourth-order valence-electron chi connectivity index (χ4n) is 2.31. The Labute approximate surface area is 124 Å². The van der Waals surface area contributed by atoms with Crippen LogP contribution in [0.2, 0.25) is 0 Å². The van der Waals surface area contributed by atoms with Crippen molar-refractivity contribution in [3.05, 3.63) is 40.2 Å². The van der Waals surface area contributed by atoms with E-state index in [0.29, 0.717) is 23.6 Å². The van der Waals surface area contributed by atoms with Crippen LogP contribution in [-0.2, 0) is 6.42 Å². The SMILES string of the molecule is Cc1ncc(C(=O)NCCCc2c(C)n[nH]c2C)c(C)n1. The van der Waals surface area contributed by atoms with E-state index in [1.54, 1.807) is 6.20 Å². The molecule has 21 heavy (non-hydrogen) atoms. The number of nitrogens with one attached hydrogen (secondary N) is 2. The molecular weight excluding hydrogens is 266 g/mol. The molecule has 0 aliphatic carbocycles. The molecule has 2 heterocycles. The Hall–Kier alpha value is -2.24. The van der Waals surface area contributed by atoms with Gasteiger partial charge < -0.3 is 5.32 Å². The molecule has 0 saturated heterocycles. The molecule has 2 rings (SSSR count). The van der Waals surface area contributed by atoms with Crippen LogP contribution < -0.4 is 5.32 Å². The van der Waals surface area contributed by atoms with Crippen LogP contribution in [0.3, 0.4) is 0 Å². The van der Waals surface area contributed by atoms with Gasteiger partial charge in [-0.2, -0.15) is 5.10 Å². The zero-order valence-electron chi connectivity index (χ0n) is 12.9.